The second kappa shape index (κ2) is 7.90. The maximum atomic E-state index is 11.4. The molecule has 0 aliphatic heterocycles. The molecular formula is C16H25NO3. The van der Waals surface area contributed by atoms with Gasteiger partial charge in [0.2, 0.25) is 0 Å². The molecule has 1 unspecified atom stereocenters. The molecule has 112 valence electrons. The highest BCUT2D eigenvalue weighted by Gasteiger charge is 2.15. The lowest BCUT2D eigenvalue weighted by Crippen LogP contribution is -2.34. The normalized spacial score (nSPS) is 12.8. The summed E-state index contributed by atoms with van der Waals surface area (Å²) < 4.78 is 5.12. The van der Waals surface area contributed by atoms with Gasteiger partial charge in [0.05, 0.1) is 6.10 Å². The topological polar surface area (TPSA) is 58.6 Å². The van der Waals surface area contributed by atoms with Gasteiger partial charge in [-0.2, -0.15) is 0 Å². The first-order valence-electron chi connectivity index (χ1n) is 7.05. The summed E-state index contributed by atoms with van der Waals surface area (Å²) >= 11 is 0. The Bertz CT molecular complexity index is 398. The molecule has 0 bridgehead atoms. The van der Waals surface area contributed by atoms with Crippen molar-refractivity contribution in [2.45, 2.75) is 51.7 Å². The highest BCUT2D eigenvalue weighted by atomic mass is 16.6. The molecule has 0 radical (unpaired) electrons. The SMILES string of the molecule is CC(C)(C)OC(=O)NCCC(O)CCc1ccccc1. The summed E-state index contributed by atoms with van der Waals surface area (Å²) in [6.45, 7) is 5.88. The Balaban J connectivity index is 2.14. The van der Waals surface area contributed by atoms with Crippen LogP contribution >= 0.6 is 0 Å². The predicted molar refractivity (Wildman–Crippen MR) is 79.6 cm³/mol. The first-order valence-corrected chi connectivity index (χ1v) is 7.05. The number of aliphatic hydroxyl groups is 1. The van der Waals surface area contributed by atoms with Crippen molar-refractivity contribution >= 4 is 6.09 Å². The molecule has 1 aromatic rings. The highest BCUT2D eigenvalue weighted by Crippen LogP contribution is 2.08. The van der Waals surface area contributed by atoms with Gasteiger partial charge in [-0.15, -0.1) is 0 Å². The molecule has 0 spiro atoms. The molecule has 1 atom stereocenters. The van der Waals surface area contributed by atoms with Crippen molar-refractivity contribution in [2.24, 2.45) is 0 Å². The third-order valence-corrected chi connectivity index (χ3v) is 2.75. The van der Waals surface area contributed by atoms with Crippen LogP contribution in [0.3, 0.4) is 0 Å². The summed E-state index contributed by atoms with van der Waals surface area (Å²) in [7, 11) is 0. The van der Waals surface area contributed by atoms with Crippen molar-refractivity contribution < 1.29 is 14.6 Å². The van der Waals surface area contributed by atoms with Gasteiger partial charge in [-0.3, -0.25) is 0 Å². The van der Waals surface area contributed by atoms with Crippen molar-refractivity contribution in [1.82, 2.24) is 5.32 Å². The Morgan fingerprint density at radius 3 is 2.50 bits per heavy atom. The lowest BCUT2D eigenvalue weighted by atomic mass is 10.1. The van der Waals surface area contributed by atoms with Gasteiger partial charge in [-0.1, -0.05) is 30.3 Å². The maximum absolute atomic E-state index is 11.4. The first kappa shape index (κ1) is 16.5. The zero-order valence-corrected chi connectivity index (χ0v) is 12.6. The lowest BCUT2D eigenvalue weighted by molar-refractivity contribution is 0.0517. The summed E-state index contributed by atoms with van der Waals surface area (Å²) in [5.74, 6) is 0. The average molecular weight is 279 g/mol. The van der Waals surface area contributed by atoms with Crippen LogP contribution in [0.1, 0.15) is 39.2 Å². The highest BCUT2D eigenvalue weighted by molar-refractivity contribution is 5.67. The van der Waals surface area contributed by atoms with Crippen LogP contribution in [0.15, 0.2) is 30.3 Å². The zero-order chi connectivity index (χ0) is 15.0. The molecule has 0 heterocycles. The van der Waals surface area contributed by atoms with E-state index in [4.69, 9.17) is 4.74 Å². The Hall–Kier alpha value is -1.55. The number of aryl methyl sites for hydroxylation is 1. The van der Waals surface area contributed by atoms with E-state index in [0.717, 1.165) is 6.42 Å². The van der Waals surface area contributed by atoms with Crippen molar-refractivity contribution in [3.8, 4) is 0 Å². The molecule has 1 rings (SSSR count). The third kappa shape index (κ3) is 7.79. The molecule has 0 aliphatic rings. The molecule has 2 N–H and O–H groups in total. The summed E-state index contributed by atoms with van der Waals surface area (Å²) in [4.78, 5) is 11.4. The van der Waals surface area contributed by atoms with Gasteiger partial charge in [0.25, 0.3) is 0 Å². The number of amides is 1. The van der Waals surface area contributed by atoms with Crippen molar-refractivity contribution in [3.05, 3.63) is 35.9 Å². The summed E-state index contributed by atoms with van der Waals surface area (Å²) in [6, 6.07) is 10.1. The Morgan fingerprint density at radius 1 is 1.25 bits per heavy atom. The van der Waals surface area contributed by atoms with E-state index in [2.05, 4.69) is 5.32 Å². The summed E-state index contributed by atoms with van der Waals surface area (Å²) in [5, 5.41) is 12.5. The van der Waals surface area contributed by atoms with Gasteiger partial charge < -0.3 is 15.2 Å². The number of rotatable bonds is 6. The fourth-order valence-electron chi connectivity index (χ4n) is 1.78. The molecule has 0 aliphatic carbocycles. The van der Waals surface area contributed by atoms with E-state index in [0.29, 0.717) is 19.4 Å². The van der Waals surface area contributed by atoms with Crippen LogP contribution in [0.5, 0.6) is 0 Å². The lowest BCUT2D eigenvalue weighted by Gasteiger charge is -2.20. The number of hydrogen-bond donors (Lipinski definition) is 2. The second-order valence-electron chi connectivity index (χ2n) is 5.90. The quantitative estimate of drug-likeness (QED) is 0.841. The van der Waals surface area contributed by atoms with E-state index in [-0.39, 0.29) is 0 Å². The molecule has 0 aromatic heterocycles. The van der Waals surface area contributed by atoms with Crippen LogP contribution in [0.25, 0.3) is 0 Å². The molecule has 1 aromatic carbocycles. The van der Waals surface area contributed by atoms with Crippen LogP contribution in [0, 0.1) is 0 Å². The van der Waals surface area contributed by atoms with Crippen molar-refractivity contribution in [2.75, 3.05) is 6.54 Å². The monoisotopic (exact) mass is 279 g/mol. The fourth-order valence-corrected chi connectivity index (χ4v) is 1.78. The van der Waals surface area contributed by atoms with E-state index in [9.17, 15) is 9.90 Å². The number of nitrogens with one attached hydrogen (secondary N) is 1. The van der Waals surface area contributed by atoms with E-state index in [1.54, 1.807) is 0 Å². The number of ether oxygens (including phenoxy) is 1. The molecule has 0 saturated carbocycles. The first-order chi connectivity index (χ1) is 9.37. The minimum absolute atomic E-state index is 0.412. The van der Waals surface area contributed by atoms with E-state index in [1.165, 1.54) is 5.56 Å². The van der Waals surface area contributed by atoms with Gasteiger partial charge in [0.15, 0.2) is 0 Å². The van der Waals surface area contributed by atoms with Crippen LogP contribution in [-0.2, 0) is 11.2 Å². The van der Waals surface area contributed by atoms with E-state index < -0.39 is 17.8 Å². The number of aliphatic hydroxyl groups excluding tert-OH is 1. The number of carbonyl (C=O) groups excluding carboxylic acids is 1. The van der Waals surface area contributed by atoms with E-state index >= 15 is 0 Å². The predicted octanol–water partition coefficient (Wildman–Crippen LogP) is 2.89. The summed E-state index contributed by atoms with van der Waals surface area (Å²) in [5.41, 5.74) is 0.724. The van der Waals surface area contributed by atoms with Gasteiger partial charge in [0, 0.05) is 6.54 Å². The Kier molecular flexibility index (Phi) is 6.52. The summed E-state index contributed by atoms with van der Waals surface area (Å²) in [6.07, 6.45) is 1.22. The minimum atomic E-state index is -0.490. The smallest absolute Gasteiger partial charge is 0.407 e. The van der Waals surface area contributed by atoms with Crippen LogP contribution < -0.4 is 5.32 Å². The minimum Gasteiger partial charge on any atom is -0.444 e. The Labute approximate surface area is 121 Å². The van der Waals surface area contributed by atoms with E-state index in [1.807, 2.05) is 51.1 Å². The van der Waals surface area contributed by atoms with Gasteiger partial charge in [0.1, 0.15) is 5.60 Å². The van der Waals surface area contributed by atoms with Crippen LogP contribution in [-0.4, -0.2) is 29.4 Å². The average Bonchev–Trinajstić information content (AvgIpc) is 2.35. The molecule has 20 heavy (non-hydrogen) atoms. The molecule has 1 amide bonds. The third-order valence-electron chi connectivity index (χ3n) is 2.75. The molecule has 4 heteroatoms. The fraction of sp³-hybridized carbons (Fsp3) is 0.562. The zero-order valence-electron chi connectivity index (χ0n) is 12.6. The number of hydrogen-bond acceptors (Lipinski definition) is 3. The molecular weight excluding hydrogens is 254 g/mol. The second-order valence-corrected chi connectivity index (χ2v) is 5.90. The number of carbonyl (C=O) groups is 1. The largest absolute Gasteiger partial charge is 0.444 e. The maximum Gasteiger partial charge on any atom is 0.407 e. The van der Waals surface area contributed by atoms with Crippen LogP contribution in [0.2, 0.25) is 0 Å². The standard InChI is InChI=1S/C16H25NO3/c1-16(2,3)20-15(19)17-12-11-14(18)10-9-13-7-5-4-6-8-13/h4-8,14,18H,9-12H2,1-3H3,(H,17,19). The number of benzene rings is 1. The van der Waals surface area contributed by atoms with Crippen LogP contribution in [0.4, 0.5) is 4.79 Å². The van der Waals surface area contributed by atoms with Crippen molar-refractivity contribution in [1.29, 1.82) is 0 Å². The van der Waals surface area contributed by atoms with Gasteiger partial charge in [-0.25, -0.2) is 4.79 Å². The van der Waals surface area contributed by atoms with Crippen molar-refractivity contribution in [3.63, 3.8) is 0 Å². The number of alkyl carbamates (subject to hydrolysis) is 1. The molecule has 0 fully saturated rings. The molecule has 4 nitrogen and oxygen atoms in total. The Morgan fingerprint density at radius 2 is 1.90 bits per heavy atom. The molecule has 0 saturated heterocycles. The van der Waals surface area contributed by atoms with Gasteiger partial charge in [-0.05, 0) is 45.6 Å². The van der Waals surface area contributed by atoms with Gasteiger partial charge >= 0.3 is 6.09 Å².